The van der Waals surface area contributed by atoms with E-state index in [9.17, 15) is 9.90 Å². The highest BCUT2D eigenvalue weighted by Crippen LogP contribution is 2.23. The van der Waals surface area contributed by atoms with Crippen molar-refractivity contribution in [1.29, 1.82) is 0 Å². The van der Waals surface area contributed by atoms with E-state index in [-0.39, 0.29) is 5.78 Å². The molecule has 0 saturated heterocycles. The topological polar surface area (TPSA) is 37.3 Å². The average Bonchev–Trinajstić information content (AvgIpc) is 2.03. The normalized spacial score (nSPS) is 11.0. The Morgan fingerprint density at radius 2 is 1.86 bits per heavy atom. The number of hydrogen-bond donors (Lipinski definition) is 1. The molecule has 0 rings (SSSR count). The molecule has 0 aromatic heterocycles. The first-order valence-electron chi connectivity index (χ1n) is 4.97. The smallest absolute Gasteiger partial charge is 0.129 e. The Morgan fingerprint density at radius 3 is 2.21 bits per heavy atom. The van der Waals surface area contributed by atoms with Crippen LogP contribution in [0.2, 0.25) is 0 Å². The summed E-state index contributed by atoms with van der Waals surface area (Å²) in [7, 11) is 0. The van der Waals surface area contributed by atoms with E-state index in [1.165, 1.54) is 0 Å². The van der Waals surface area contributed by atoms with E-state index >= 15 is 0 Å². The van der Waals surface area contributed by atoms with Crippen molar-refractivity contribution in [1.82, 2.24) is 0 Å². The van der Waals surface area contributed by atoms with Crippen LogP contribution in [0.25, 0.3) is 0 Å². The molecule has 0 heterocycles. The summed E-state index contributed by atoms with van der Waals surface area (Å²) in [4.78, 5) is 10.7. The van der Waals surface area contributed by atoms with Gasteiger partial charge in [0.15, 0.2) is 0 Å². The summed E-state index contributed by atoms with van der Waals surface area (Å²) in [5.41, 5.74) is -0.751. The molecule has 80 valence electrons. The zero-order valence-electron chi connectivity index (χ0n) is 8.96. The van der Waals surface area contributed by atoms with E-state index < -0.39 is 5.60 Å². The third-order valence-electron chi connectivity index (χ3n) is 2.22. The van der Waals surface area contributed by atoms with Crippen molar-refractivity contribution in [3.8, 4) is 0 Å². The van der Waals surface area contributed by atoms with Gasteiger partial charge in [-0.05, 0) is 32.6 Å². The molecule has 0 aromatic carbocycles. The van der Waals surface area contributed by atoms with Gasteiger partial charge in [0.2, 0.25) is 0 Å². The molecule has 0 amide bonds. The third kappa shape index (κ3) is 5.70. The predicted molar refractivity (Wildman–Crippen MR) is 59.1 cm³/mol. The van der Waals surface area contributed by atoms with E-state index in [0.717, 1.165) is 6.42 Å². The summed E-state index contributed by atoms with van der Waals surface area (Å²) in [6, 6.07) is 0. The molecule has 0 bridgehead atoms. The van der Waals surface area contributed by atoms with Crippen LogP contribution in [0.15, 0.2) is 25.3 Å². The Hall–Kier alpha value is -0.890. The minimum absolute atomic E-state index is 0.171. The zero-order chi connectivity index (χ0) is 11.0. The first-order valence-corrected chi connectivity index (χ1v) is 4.97. The average molecular weight is 196 g/mol. The highest BCUT2D eigenvalue weighted by atomic mass is 16.3. The van der Waals surface area contributed by atoms with Crippen molar-refractivity contribution >= 4 is 5.78 Å². The van der Waals surface area contributed by atoms with Crippen molar-refractivity contribution in [2.24, 2.45) is 0 Å². The van der Waals surface area contributed by atoms with Crippen LogP contribution in [-0.4, -0.2) is 16.5 Å². The summed E-state index contributed by atoms with van der Waals surface area (Å²) < 4.78 is 0. The van der Waals surface area contributed by atoms with Crippen LogP contribution in [0.5, 0.6) is 0 Å². The molecular formula is C12H20O2. The van der Waals surface area contributed by atoms with Crippen LogP contribution in [0.1, 0.15) is 39.0 Å². The van der Waals surface area contributed by atoms with Gasteiger partial charge >= 0.3 is 0 Å². The fraction of sp³-hybridized carbons (Fsp3) is 0.583. The van der Waals surface area contributed by atoms with Gasteiger partial charge in [0, 0.05) is 6.42 Å². The molecule has 0 spiro atoms. The lowest BCUT2D eigenvalue weighted by atomic mass is 9.89. The number of aliphatic hydroxyl groups is 1. The SMILES string of the molecule is C=CCC(O)(CC=C)CCCC(C)=O. The van der Waals surface area contributed by atoms with Crippen molar-refractivity contribution in [3.05, 3.63) is 25.3 Å². The first-order chi connectivity index (χ1) is 6.54. The molecule has 0 aromatic rings. The second kappa shape index (κ2) is 6.55. The lowest BCUT2D eigenvalue weighted by Crippen LogP contribution is -2.27. The molecule has 0 aliphatic carbocycles. The minimum Gasteiger partial charge on any atom is -0.389 e. The highest BCUT2D eigenvalue weighted by molar-refractivity contribution is 5.75. The molecule has 14 heavy (non-hydrogen) atoms. The van der Waals surface area contributed by atoms with Crippen molar-refractivity contribution in [2.45, 2.75) is 44.6 Å². The lowest BCUT2D eigenvalue weighted by Gasteiger charge is -2.25. The van der Waals surface area contributed by atoms with Crippen LogP contribution in [-0.2, 0) is 4.79 Å². The minimum atomic E-state index is -0.751. The van der Waals surface area contributed by atoms with Gasteiger partial charge in [-0.25, -0.2) is 0 Å². The van der Waals surface area contributed by atoms with Crippen LogP contribution in [0.3, 0.4) is 0 Å². The van der Waals surface area contributed by atoms with Crippen molar-refractivity contribution in [2.75, 3.05) is 0 Å². The summed E-state index contributed by atoms with van der Waals surface area (Å²) in [5.74, 6) is 0.171. The maximum absolute atomic E-state index is 10.7. The maximum Gasteiger partial charge on any atom is 0.129 e. The van der Waals surface area contributed by atoms with E-state index in [1.807, 2.05) is 0 Å². The van der Waals surface area contributed by atoms with E-state index in [1.54, 1.807) is 19.1 Å². The Balaban J connectivity index is 4.00. The van der Waals surface area contributed by atoms with Crippen LogP contribution < -0.4 is 0 Å². The summed E-state index contributed by atoms with van der Waals surface area (Å²) in [6.45, 7) is 8.79. The number of Topliss-reactive ketones (excluding diaryl/α,β-unsaturated/α-hetero) is 1. The quantitative estimate of drug-likeness (QED) is 0.606. The first kappa shape index (κ1) is 13.1. The van der Waals surface area contributed by atoms with Crippen LogP contribution in [0.4, 0.5) is 0 Å². The third-order valence-corrected chi connectivity index (χ3v) is 2.22. The largest absolute Gasteiger partial charge is 0.389 e. The van der Waals surface area contributed by atoms with E-state index in [2.05, 4.69) is 13.2 Å². The van der Waals surface area contributed by atoms with E-state index in [0.29, 0.717) is 25.7 Å². The monoisotopic (exact) mass is 196 g/mol. The Bertz CT molecular complexity index is 196. The number of ketones is 1. The number of rotatable bonds is 8. The molecule has 0 saturated carbocycles. The molecule has 0 aliphatic rings. The molecule has 2 nitrogen and oxygen atoms in total. The van der Waals surface area contributed by atoms with Gasteiger partial charge in [-0.2, -0.15) is 0 Å². The number of hydrogen-bond acceptors (Lipinski definition) is 2. The van der Waals surface area contributed by atoms with Crippen molar-refractivity contribution < 1.29 is 9.90 Å². The van der Waals surface area contributed by atoms with Crippen LogP contribution in [0, 0.1) is 0 Å². The number of carbonyl (C=O) groups is 1. The van der Waals surface area contributed by atoms with Crippen LogP contribution >= 0.6 is 0 Å². The molecule has 0 radical (unpaired) electrons. The van der Waals surface area contributed by atoms with Gasteiger partial charge in [0.05, 0.1) is 5.60 Å². The summed E-state index contributed by atoms with van der Waals surface area (Å²) in [5, 5.41) is 10.1. The Morgan fingerprint density at radius 1 is 1.36 bits per heavy atom. The fourth-order valence-electron chi connectivity index (χ4n) is 1.49. The molecule has 0 atom stereocenters. The zero-order valence-corrected chi connectivity index (χ0v) is 8.96. The number of carbonyl (C=O) groups excluding carboxylic acids is 1. The summed E-state index contributed by atoms with van der Waals surface area (Å²) >= 11 is 0. The second-order valence-corrected chi connectivity index (χ2v) is 3.77. The fourth-order valence-corrected chi connectivity index (χ4v) is 1.49. The van der Waals surface area contributed by atoms with Gasteiger partial charge in [-0.15, -0.1) is 13.2 Å². The van der Waals surface area contributed by atoms with Gasteiger partial charge in [0.1, 0.15) is 5.78 Å². The highest BCUT2D eigenvalue weighted by Gasteiger charge is 2.22. The second-order valence-electron chi connectivity index (χ2n) is 3.77. The Labute approximate surface area is 86.3 Å². The van der Waals surface area contributed by atoms with Gasteiger partial charge < -0.3 is 9.90 Å². The molecule has 0 aliphatic heterocycles. The molecule has 0 unspecified atom stereocenters. The lowest BCUT2D eigenvalue weighted by molar-refractivity contribution is -0.117. The summed E-state index contributed by atoms with van der Waals surface area (Å²) in [6.07, 6.45) is 6.41. The standard InChI is InChI=1S/C12H20O2/c1-4-8-12(14,9-5-2)10-6-7-11(3)13/h4-5,14H,1-2,6-10H2,3H3. The predicted octanol–water partition coefficient (Wildman–Crippen LogP) is 2.63. The molecule has 1 N–H and O–H groups in total. The van der Waals surface area contributed by atoms with Gasteiger partial charge in [-0.3, -0.25) is 0 Å². The van der Waals surface area contributed by atoms with Gasteiger partial charge in [-0.1, -0.05) is 12.2 Å². The van der Waals surface area contributed by atoms with Crippen molar-refractivity contribution in [3.63, 3.8) is 0 Å². The van der Waals surface area contributed by atoms with Gasteiger partial charge in [0.25, 0.3) is 0 Å². The maximum atomic E-state index is 10.7. The molecule has 2 heteroatoms. The molecular weight excluding hydrogens is 176 g/mol. The molecule has 0 fully saturated rings. The Kier molecular flexibility index (Phi) is 6.13. The van der Waals surface area contributed by atoms with E-state index in [4.69, 9.17) is 0 Å².